The van der Waals surface area contributed by atoms with Crippen molar-refractivity contribution in [2.45, 2.75) is 39.2 Å². The molecule has 0 radical (unpaired) electrons. The van der Waals surface area contributed by atoms with Crippen molar-refractivity contribution in [1.29, 1.82) is 0 Å². The average molecular weight is 215 g/mol. The summed E-state index contributed by atoms with van der Waals surface area (Å²) in [6, 6.07) is 4.47. The highest BCUT2D eigenvalue weighted by molar-refractivity contribution is 5.84. The van der Waals surface area contributed by atoms with Crippen LogP contribution in [0, 0.1) is 6.92 Å². The van der Waals surface area contributed by atoms with Gasteiger partial charge >= 0.3 is 0 Å². The molecule has 1 aromatic carbocycles. The van der Waals surface area contributed by atoms with E-state index < -0.39 is 0 Å². The molecular formula is C14H17NO. The van der Waals surface area contributed by atoms with Crippen LogP contribution in [0.2, 0.25) is 0 Å². The Morgan fingerprint density at radius 1 is 1.25 bits per heavy atom. The number of hydrogen-bond acceptors (Lipinski definition) is 2. The summed E-state index contributed by atoms with van der Waals surface area (Å²) in [7, 11) is 0. The predicted molar refractivity (Wildman–Crippen MR) is 65.6 cm³/mol. The Balaban J connectivity index is 2.28. The monoisotopic (exact) mass is 215 g/mol. The fourth-order valence-corrected chi connectivity index (χ4v) is 2.74. The molecule has 2 aromatic rings. The van der Waals surface area contributed by atoms with E-state index in [2.05, 4.69) is 19.1 Å². The molecule has 0 amide bonds. The van der Waals surface area contributed by atoms with Crippen LogP contribution >= 0.6 is 0 Å². The van der Waals surface area contributed by atoms with E-state index in [0.717, 1.165) is 11.3 Å². The van der Waals surface area contributed by atoms with Gasteiger partial charge in [-0.1, -0.05) is 0 Å². The number of aryl methyl sites for hydroxylation is 3. The first-order chi connectivity index (χ1) is 7.66. The highest BCUT2D eigenvalue weighted by atomic mass is 16.3. The molecule has 0 saturated heterocycles. The first kappa shape index (κ1) is 9.91. The maximum atomic E-state index is 5.91. The highest BCUT2D eigenvalue weighted by Gasteiger charge is 2.18. The molecule has 0 saturated carbocycles. The zero-order valence-electron chi connectivity index (χ0n) is 9.84. The second-order valence-corrected chi connectivity index (χ2v) is 4.85. The van der Waals surface area contributed by atoms with Crippen LogP contribution in [-0.2, 0) is 12.8 Å². The van der Waals surface area contributed by atoms with Gasteiger partial charge in [0.1, 0.15) is 11.3 Å². The third-order valence-corrected chi connectivity index (χ3v) is 3.60. The van der Waals surface area contributed by atoms with Crippen LogP contribution in [-0.4, -0.2) is 0 Å². The van der Waals surface area contributed by atoms with E-state index in [1.54, 1.807) is 0 Å². The standard InChI is InChI=1S/C14H17NO/c1-8-12-6-10-4-3-5-11(10)7-13(12)16-14(8)9(2)15/h6-7,9H,3-5,15H2,1-2H3. The first-order valence-corrected chi connectivity index (χ1v) is 5.97. The van der Waals surface area contributed by atoms with Crippen LogP contribution in [0.4, 0.5) is 0 Å². The summed E-state index contributed by atoms with van der Waals surface area (Å²) in [4.78, 5) is 0. The van der Waals surface area contributed by atoms with Gasteiger partial charge in [0.2, 0.25) is 0 Å². The Hall–Kier alpha value is -1.28. The number of rotatable bonds is 1. The molecule has 0 bridgehead atoms. The fourth-order valence-electron chi connectivity index (χ4n) is 2.74. The lowest BCUT2D eigenvalue weighted by molar-refractivity contribution is 0.509. The summed E-state index contributed by atoms with van der Waals surface area (Å²) < 4.78 is 5.86. The van der Waals surface area contributed by atoms with E-state index in [0.29, 0.717) is 0 Å². The second kappa shape index (κ2) is 3.36. The Morgan fingerprint density at radius 2 is 1.94 bits per heavy atom. The van der Waals surface area contributed by atoms with Crippen LogP contribution in [0.15, 0.2) is 16.5 Å². The Labute approximate surface area is 95.4 Å². The van der Waals surface area contributed by atoms with Gasteiger partial charge in [0.05, 0.1) is 6.04 Å². The smallest absolute Gasteiger partial charge is 0.134 e. The van der Waals surface area contributed by atoms with Gasteiger partial charge in [-0.25, -0.2) is 0 Å². The molecule has 0 aliphatic heterocycles. The van der Waals surface area contributed by atoms with Gasteiger partial charge < -0.3 is 10.2 Å². The van der Waals surface area contributed by atoms with Crippen LogP contribution in [0.3, 0.4) is 0 Å². The Morgan fingerprint density at radius 3 is 2.62 bits per heavy atom. The second-order valence-electron chi connectivity index (χ2n) is 4.85. The van der Waals surface area contributed by atoms with Crippen molar-refractivity contribution in [1.82, 2.24) is 0 Å². The van der Waals surface area contributed by atoms with Crippen molar-refractivity contribution in [2.75, 3.05) is 0 Å². The van der Waals surface area contributed by atoms with Crippen LogP contribution < -0.4 is 5.73 Å². The van der Waals surface area contributed by atoms with E-state index in [9.17, 15) is 0 Å². The Bertz CT molecular complexity index is 551. The molecule has 3 rings (SSSR count). The van der Waals surface area contributed by atoms with E-state index >= 15 is 0 Å². The van der Waals surface area contributed by atoms with Gasteiger partial charge in [-0.2, -0.15) is 0 Å². The molecule has 84 valence electrons. The number of nitrogens with two attached hydrogens (primary N) is 1. The predicted octanol–water partition coefficient (Wildman–Crippen LogP) is 3.25. The number of benzene rings is 1. The topological polar surface area (TPSA) is 39.2 Å². The number of hydrogen-bond donors (Lipinski definition) is 1. The minimum Gasteiger partial charge on any atom is -0.459 e. The summed E-state index contributed by atoms with van der Waals surface area (Å²) in [5.74, 6) is 0.929. The normalized spacial score (nSPS) is 16.7. The quantitative estimate of drug-likeness (QED) is 0.793. The molecule has 1 atom stereocenters. The van der Waals surface area contributed by atoms with Crippen molar-refractivity contribution in [3.05, 3.63) is 34.6 Å². The molecule has 2 nitrogen and oxygen atoms in total. The van der Waals surface area contributed by atoms with Gasteiger partial charge in [-0.05, 0) is 61.9 Å². The molecule has 16 heavy (non-hydrogen) atoms. The summed E-state index contributed by atoms with van der Waals surface area (Å²) in [6.45, 7) is 4.07. The summed E-state index contributed by atoms with van der Waals surface area (Å²) in [5, 5.41) is 1.24. The van der Waals surface area contributed by atoms with Crippen molar-refractivity contribution in [2.24, 2.45) is 5.73 Å². The molecule has 2 N–H and O–H groups in total. The molecule has 1 aliphatic carbocycles. The molecular weight excluding hydrogens is 198 g/mol. The van der Waals surface area contributed by atoms with Crippen molar-refractivity contribution >= 4 is 11.0 Å². The zero-order chi connectivity index (χ0) is 11.3. The van der Waals surface area contributed by atoms with Crippen LogP contribution in [0.25, 0.3) is 11.0 Å². The van der Waals surface area contributed by atoms with Gasteiger partial charge in [0.15, 0.2) is 0 Å². The fraction of sp³-hybridized carbons (Fsp3) is 0.429. The SMILES string of the molecule is Cc1c(C(C)N)oc2cc3c(cc12)CCC3. The van der Waals surface area contributed by atoms with Crippen molar-refractivity contribution in [3.63, 3.8) is 0 Å². The van der Waals surface area contributed by atoms with Gasteiger partial charge in [-0.3, -0.25) is 0 Å². The van der Waals surface area contributed by atoms with Crippen molar-refractivity contribution in [3.8, 4) is 0 Å². The zero-order valence-corrected chi connectivity index (χ0v) is 9.84. The van der Waals surface area contributed by atoms with E-state index in [1.165, 1.54) is 41.3 Å². The average Bonchev–Trinajstić information content (AvgIpc) is 2.80. The van der Waals surface area contributed by atoms with Crippen LogP contribution in [0.5, 0.6) is 0 Å². The third kappa shape index (κ3) is 1.30. The van der Waals surface area contributed by atoms with Gasteiger partial charge in [0, 0.05) is 5.39 Å². The molecule has 0 fully saturated rings. The molecule has 1 aliphatic rings. The molecule has 2 heteroatoms. The Kier molecular flexibility index (Phi) is 2.08. The molecule has 1 unspecified atom stereocenters. The lowest BCUT2D eigenvalue weighted by atomic mass is 10.0. The summed E-state index contributed by atoms with van der Waals surface area (Å²) in [6.07, 6.45) is 3.68. The number of furan rings is 1. The van der Waals surface area contributed by atoms with E-state index in [4.69, 9.17) is 10.2 Å². The van der Waals surface area contributed by atoms with Crippen LogP contribution in [0.1, 0.15) is 41.8 Å². The minimum absolute atomic E-state index is 0.0257. The molecule has 0 spiro atoms. The lowest BCUT2D eigenvalue weighted by Crippen LogP contribution is -2.04. The maximum Gasteiger partial charge on any atom is 0.134 e. The van der Waals surface area contributed by atoms with E-state index in [1.807, 2.05) is 6.92 Å². The minimum atomic E-state index is -0.0257. The first-order valence-electron chi connectivity index (χ1n) is 5.97. The summed E-state index contributed by atoms with van der Waals surface area (Å²) >= 11 is 0. The van der Waals surface area contributed by atoms with Gasteiger partial charge in [-0.15, -0.1) is 0 Å². The maximum absolute atomic E-state index is 5.91. The summed E-state index contributed by atoms with van der Waals surface area (Å²) in [5.41, 5.74) is 11.1. The highest BCUT2D eigenvalue weighted by Crippen LogP contribution is 2.33. The van der Waals surface area contributed by atoms with Crippen molar-refractivity contribution < 1.29 is 4.42 Å². The molecule has 1 aromatic heterocycles. The van der Waals surface area contributed by atoms with Gasteiger partial charge in [0.25, 0.3) is 0 Å². The molecule has 1 heterocycles. The van der Waals surface area contributed by atoms with E-state index in [-0.39, 0.29) is 6.04 Å². The lowest BCUT2D eigenvalue weighted by Gasteiger charge is -2.00. The third-order valence-electron chi connectivity index (χ3n) is 3.60. The number of fused-ring (bicyclic) bond motifs is 2. The largest absolute Gasteiger partial charge is 0.459 e.